The largest absolute Gasteiger partial charge is 0.395 e. The second-order valence-electron chi connectivity index (χ2n) is 4.10. The Bertz CT molecular complexity index is 105. The summed E-state index contributed by atoms with van der Waals surface area (Å²) in [7, 11) is 0. The summed E-state index contributed by atoms with van der Waals surface area (Å²) in [6.45, 7) is 8.97. The van der Waals surface area contributed by atoms with Crippen molar-refractivity contribution in [3.05, 3.63) is 0 Å². The van der Waals surface area contributed by atoms with Crippen molar-refractivity contribution >= 4 is 0 Å². The molecular weight excluding hydrogens is 162 g/mol. The van der Waals surface area contributed by atoms with Crippen molar-refractivity contribution in [3.8, 4) is 0 Å². The first-order valence-corrected chi connectivity index (χ1v) is 5.50. The monoisotopic (exact) mass is 187 g/mol. The van der Waals surface area contributed by atoms with Gasteiger partial charge in [-0.25, -0.2) is 0 Å². The van der Waals surface area contributed by atoms with E-state index in [-0.39, 0.29) is 12.6 Å². The highest BCUT2D eigenvalue weighted by Crippen LogP contribution is 2.12. The van der Waals surface area contributed by atoms with E-state index in [2.05, 4.69) is 26.1 Å². The van der Waals surface area contributed by atoms with Crippen molar-refractivity contribution in [2.75, 3.05) is 6.61 Å². The molecule has 80 valence electrons. The molecule has 2 N–H and O–H groups in total. The Morgan fingerprint density at radius 1 is 1.15 bits per heavy atom. The Morgan fingerprint density at radius 2 is 1.77 bits per heavy atom. The Balaban J connectivity index is 3.74. The molecule has 0 unspecified atom stereocenters. The predicted molar refractivity (Wildman–Crippen MR) is 57.8 cm³/mol. The number of rotatable bonds is 7. The minimum absolute atomic E-state index is 0.231. The topological polar surface area (TPSA) is 32.3 Å². The van der Waals surface area contributed by atoms with E-state index in [0.717, 1.165) is 12.3 Å². The summed E-state index contributed by atoms with van der Waals surface area (Å²) >= 11 is 0. The van der Waals surface area contributed by atoms with Gasteiger partial charge in [-0.2, -0.15) is 0 Å². The lowest BCUT2D eigenvalue weighted by atomic mass is 9.97. The van der Waals surface area contributed by atoms with Crippen molar-refractivity contribution in [3.63, 3.8) is 0 Å². The summed E-state index contributed by atoms with van der Waals surface area (Å²) in [6, 6.07) is 0.797. The van der Waals surface area contributed by atoms with E-state index in [1.165, 1.54) is 12.8 Å². The van der Waals surface area contributed by atoms with Crippen LogP contribution in [0.2, 0.25) is 0 Å². The molecule has 0 bridgehead atoms. The number of hydrogen-bond acceptors (Lipinski definition) is 2. The predicted octanol–water partition coefficient (Wildman–Crippen LogP) is 2.17. The van der Waals surface area contributed by atoms with Crippen LogP contribution in [-0.4, -0.2) is 23.8 Å². The van der Waals surface area contributed by atoms with E-state index in [9.17, 15) is 0 Å². The Kier molecular flexibility index (Phi) is 7.29. The van der Waals surface area contributed by atoms with Crippen LogP contribution in [0.15, 0.2) is 0 Å². The third kappa shape index (κ3) is 6.05. The fraction of sp³-hybridized carbons (Fsp3) is 1.00. The first-order chi connectivity index (χ1) is 6.13. The average molecular weight is 187 g/mol. The summed E-state index contributed by atoms with van der Waals surface area (Å²) in [5.41, 5.74) is 0. The Hall–Kier alpha value is -0.0800. The molecule has 0 aliphatic heterocycles. The first-order valence-electron chi connectivity index (χ1n) is 5.50. The second-order valence-corrected chi connectivity index (χ2v) is 4.10. The van der Waals surface area contributed by atoms with Gasteiger partial charge < -0.3 is 10.4 Å². The zero-order valence-corrected chi connectivity index (χ0v) is 9.51. The van der Waals surface area contributed by atoms with Crippen molar-refractivity contribution < 1.29 is 5.11 Å². The van der Waals surface area contributed by atoms with Gasteiger partial charge in [-0.3, -0.25) is 0 Å². The molecule has 0 saturated carbocycles. The van der Waals surface area contributed by atoms with Gasteiger partial charge in [0.1, 0.15) is 0 Å². The standard InChI is InChI=1S/C11H25NO/c1-5-9(3)7-11(6-2)12-10(4)8-13/h9-13H,5-8H2,1-4H3/t9-,10+,11+/m1/s1. The van der Waals surface area contributed by atoms with Gasteiger partial charge in [0, 0.05) is 12.1 Å². The van der Waals surface area contributed by atoms with Gasteiger partial charge in [0.05, 0.1) is 6.61 Å². The summed E-state index contributed by atoms with van der Waals surface area (Å²) in [5.74, 6) is 0.781. The summed E-state index contributed by atoms with van der Waals surface area (Å²) < 4.78 is 0. The van der Waals surface area contributed by atoms with Gasteiger partial charge >= 0.3 is 0 Å². The van der Waals surface area contributed by atoms with Crippen molar-refractivity contribution in [2.24, 2.45) is 5.92 Å². The molecule has 13 heavy (non-hydrogen) atoms. The first kappa shape index (κ1) is 12.9. The lowest BCUT2D eigenvalue weighted by Crippen LogP contribution is -2.39. The SMILES string of the molecule is CC[C@@H](C)C[C@H](CC)N[C@@H](C)CO. The van der Waals surface area contributed by atoms with Crippen LogP contribution < -0.4 is 5.32 Å². The molecule has 0 fully saturated rings. The number of aliphatic hydroxyl groups is 1. The molecule has 3 atom stereocenters. The molecule has 0 heterocycles. The maximum Gasteiger partial charge on any atom is 0.0582 e. The van der Waals surface area contributed by atoms with Gasteiger partial charge in [0.2, 0.25) is 0 Å². The maximum atomic E-state index is 8.91. The molecule has 2 nitrogen and oxygen atoms in total. The van der Waals surface area contributed by atoms with Crippen molar-refractivity contribution in [1.82, 2.24) is 5.32 Å². The van der Waals surface area contributed by atoms with Crippen LogP contribution in [0.3, 0.4) is 0 Å². The lowest BCUT2D eigenvalue weighted by Gasteiger charge is -2.23. The number of aliphatic hydroxyl groups excluding tert-OH is 1. The number of nitrogens with one attached hydrogen (secondary N) is 1. The normalized spacial score (nSPS) is 18.2. The van der Waals surface area contributed by atoms with E-state index < -0.39 is 0 Å². The van der Waals surface area contributed by atoms with E-state index >= 15 is 0 Å². The highest BCUT2D eigenvalue weighted by Gasteiger charge is 2.12. The molecule has 0 aliphatic carbocycles. The fourth-order valence-corrected chi connectivity index (χ4v) is 1.46. The highest BCUT2D eigenvalue weighted by atomic mass is 16.3. The lowest BCUT2D eigenvalue weighted by molar-refractivity contribution is 0.231. The van der Waals surface area contributed by atoms with Crippen molar-refractivity contribution in [1.29, 1.82) is 0 Å². The molecular formula is C11H25NO. The molecule has 0 amide bonds. The van der Waals surface area contributed by atoms with Crippen LogP contribution in [-0.2, 0) is 0 Å². The molecule has 0 saturated heterocycles. The quantitative estimate of drug-likeness (QED) is 0.640. The van der Waals surface area contributed by atoms with Gasteiger partial charge in [-0.1, -0.05) is 27.2 Å². The Morgan fingerprint density at radius 3 is 2.15 bits per heavy atom. The average Bonchev–Trinajstić information content (AvgIpc) is 2.16. The zero-order chi connectivity index (χ0) is 10.3. The molecule has 0 aromatic heterocycles. The molecule has 0 aromatic rings. The van der Waals surface area contributed by atoms with Crippen molar-refractivity contribution in [2.45, 2.75) is 59.0 Å². The van der Waals surface area contributed by atoms with Crippen LogP contribution in [0.1, 0.15) is 47.0 Å². The highest BCUT2D eigenvalue weighted by molar-refractivity contribution is 4.71. The third-order valence-electron chi connectivity index (χ3n) is 2.67. The molecule has 0 aromatic carbocycles. The molecule has 0 spiro atoms. The smallest absolute Gasteiger partial charge is 0.0582 e. The minimum Gasteiger partial charge on any atom is -0.395 e. The number of hydrogen-bond donors (Lipinski definition) is 2. The van der Waals surface area contributed by atoms with E-state index in [1.807, 2.05) is 6.92 Å². The summed E-state index contributed by atoms with van der Waals surface area (Å²) in [5, 5.41) is 12.3. The van der Waals surface area contributed by atoms with Crippen LogP contribution in [0.5, 0.6) is 0 Å². The minimum atomic E-state index is 0.231. The molecule has 0 radical (unpaired) electrons. The molecule has 0 rings (SSSR count). The molecule has 0 aliphatic rings. The third-order valence-corrected chi connectivity index (χ3v) is 2.67. The van der Waals surface area contributed by atoms with E-state index in [1.54, 1.807) is 0 Å². The van der Waals surface area contributed by atoms with E-state index in [0.29, 0.717) is 6.04 Å². The fourth-order valence-electron chi connectivity index (χ4n) is 1.46. The Labute approximate surface area is 82.7 Å². The summed E-state index contributed by atoms with van der Waals surface area (Å²) in [6.07, 6.45) is 3.61. The van der Waals surface area contributed by atoms with Gasteiger partial charge in [0.25, 0.3) is 0 Å². The zero-order valence-electron chi connectivity index (χ0n) is 9.51. The van der Waals surface area contributed by atoms with Gasteiger partial charge in [-0.15, -0.1) is 0 Å². The van der Waals surface area contributed by atoms with Gasteiger partial charge in [0.15, 0.2) is 0 Å². The van der Waals surface area contributed by atoms with Crippen LogP contribution in [0, 0.1) is 5.92 Å². The van der Waals surface area contributed by atoms with Crippen LogP contribution in [0.25, 0.3) is 0 Å². The van der Waals surface area contributed by atoms with E-state index in [4.69, 9.17) is 5.11 Å². The van der Waals surface area contributed by atoms with Crippen LogP contribution in [0.4, 0.5) is 0 Å². The van der Waals surface area contributed by atoms with Crippen LogP contribution >= 0.6 is 0 Å². The van der Waals surface area contributed by atoms with Gasteiger partial charge in [-0.05, 0) is 25.7 Å². The second kappa shape index (κ2) is 7.34. The summed E-state index contributed by atoms with van der Waals surface area (Å²) in [4.78, 5) is 0. The molecule has 2 heteroatoms. The maximum absolute atomic E-state index is 8.91.